The minimum absolute atomic E-state index is 0.656. The summed E-state index contributed by atoms with van der Waals surface area (Å²) >= 11 is 0. The Morgan fingerprint density at radius 3 is 2.75 bits per heavy atom. The summed E-state index contributed by atoms with van der Waals surface area (Å²) < 4.78 is 22.0. The van der Waals surface area contributed by atoms with E-state index in [-0.39, 0.29) is 0 Å². The van der Waals surface area contributed by atoms with E-state index < -0.39 is 0 Å². The van der Waals surface area contributed by atoms with Gasteiger partial charge in [-0.3, -0.25) is 4.99 Å². The third kappa shape index (κ3) is 10.7. The van der Waals surface area contributed by atoms with Crippen molar-refractivity contribution in [2.45, 2.75) is 39.0 Å². The van der Waals surface area contributed by atoms with Crippen LogP contribution in [0.15, 0.2) is 27.8 Å². The third-order valence-electron chi connectivity index (χ3n) is 4.62. The number of aliphatic imine (C=N–C) groups is 1. The van der Waals surface area contributed by atoms with E-state index in [1.807, 2.05) is 19.1 Å². The monoisotopic (exact) mass is 395 g/mol. The Morgan fingerprint density at radius 2 is 1.96 bits per heavy atom. The van der Waals surface area contributed by atoms with E-state index in [9.17, 15) is 0 Å². The van der Waals surface area contributed by atoms with Gasteiger partial charge >= 0.3 is 0 Å². The molecule has 2 rings (SSSR count). The van der Waals surface area contributed by atoms with Crippen LogP contribution in [-0.4, -0.2) is 65.2 Å². The number of ether oxygens (including phenoxy) is 3. The van der Waals surface area contributed by atoms with Gasteiger partial charge in [0, 0.05) is 65.7 Å². The lowest BCUT2D eigenvalue weighted by Crippen LogP contribution is -2.39. The molecule has 1 fully saturated rings. The predicted octanol–water partition coefficient (Wildman–Crippen LogP) is 2.62. The van der Waals surface area contributed by atoms with E-state index >= 15 is 0 Å². The quantitative estimate of drug-likeness (QED) is 0.286. The zero-order valence-corrected chi connectivity index (χ0v) is 17.3. The van der Waals surface area contributed by atoms with Gasteiger partial charge in [-0.15, -0.1) is 0 Å². The number of hydrogen-bond donors (Lipinski definition) is 2. The standard InChI is InChI=1S/C21H37N3O4/c1-2-25-13-4-10-22-21(24-12-7-20-6-3-15-28-20)23-11-5-14-27-18-19-8-16-26-17-9-19/h3,6,15,19H,2,4-5,7-14,16-18H2,1H3,(H2,22,23,24). The largest absolute Gasteiger partial charge is 0.469 e. The first-order chi connectivity index (χ1) is 13.9. The Labute approximate surface area is 169 Å². The predicted molar refractivity (Wildman–Crippen MR) is 111 cm³/mol. The van der Waals surface area contributed by atoms with E-state index in [1.54, 1.807) is 6.26 Å². The molecule has 1 aliphatic rings. The first-order valence-electron chi connectivity index (χ1n) is 10.7. The molecule has 0 bridgehead atoms. The van der Waals surface area contributed by atoms with Crippen LogP contribution in [0.1, 0.15) is 38.4 Å². The van der Waals surface area contributed by atoms with Gasteiger partial charge in [0.25, 0.3) is 0 Å². The highest BCUT2D eigenvalue weighted by atomic mass is 16.5. The fourth-order valence-electron chi connectivity index (χ4n) is 2.98. The number of rotatable bonds is 14. The maximum Gasteiger partial charge on any atom is 0.191 e. The number of nitrogens with zero attached hydrogens (tertiary/aromatic N) is 1. The van der Waals surface area contributed by atoms with Crippen LogP contribution >= 0.6 is 0 Å². The van der Waals surface area contributed by atoms with Crippen LogP contribution < -0.4 is 10.6 Å². The van der Waals surface area contributed by atoms with Gasteiger partial charge in [0.2, 0.25) is 0 Å². The molecular weight excluding hydrogens is 358 g/mol. The molecular formula is C21H37N3O4. The number of nitrogens with one attached hydrogen (secondary N) is 2. The highest BCUT2D eigenvalue weighted by molar-refractivity contribution is 5.79. The number of guanidine groups is 1. The van der Waals surface area contributed by atoms with E-state index in [1.165, 1.54) is 0 Å². The zero-order chi connectivity index (χ0) is 19.7. The molecule has 7 nitrogen and oxygen atoms in total. The molecule has 1 saturated heterocycles. The second kappa shape index (κ2) is 15.4. The van der Waals surface area contributed by atoms with Crippen LogP contribution in [0, 0.1) is 5.92 Å². The Kier molecular flexibility index (Phi) is 12.5. The molecule has 0 saturated carbocycles. The van der Waals surface area contributed by atoms with Gasteiger partial charge in [-0.05, 0) is 50.7 Å². The molecule has 28 heavy (non-hydrogen) atoms. The van der Waals surface area contributed by atoms with Gasteiger partial charge in [0.1, 0.15) is 5.76 Å². The van der Waals surface area contributed by atoms with Gasteiger partial charge in [-0.1, -0.05) is 0 Å². The fourth-order valence-corrected chi connectivity index (χ4v) is 2.98. The highest BCUT2D eigenvalue weighted by Gasteiger charge is 2.13. The zero-order valence-electron chi connectivity index (χ0n) is 17.3. The van der Waals surface area contributed by atoms with Crippen LogP contribution in [-0.2, 0) is 20.6 Å². The Bertz CT molecular complexity index is 502. The van der Waals surface area contributed by atoms with Crippen molar-refractivity contribution in [3.05, 3.63) is 24.2 Å². The van der Waals surface area contributed by atoms with Crippen LogP contribution in [0.3, 0.4) is 0 Å². The Balaban J connectivity index is 1.60. The van der Waals surface area contributed by atoms with Crippen molar-refractivity contribution < 1.29 is 18.6 Å². The van der Waals surface area contributed by atoms with E-state index in [0.717, 1.165) is 103 Å². The minimum Gasteiger partial charge on any atom is -0.469 e. The molecule has 0 spiro atoms. The van der Waals surface area contributed by atoms with Crippen LogP contribution in [0.2, 0.25) is 0 Å². The van der Waals surface area contributed by atoms with Crippen molar-refractivity contribution in [2.24, 2.45) is 10.9 Å². The maximum absolute atomic E-state index is 5.82. The third-order valence-corrected chi connectivity index (χ3v) is 4.62. The van der Waals surface area contributed by atoms with Crippen molar-refractivity contribution in [2.75, 3.05) is 59.3 Å². The topological polar surface area (TPSA) is 77.2 Å². The molecule has 1 aromatic rings. The Hall–Kier alpha value is -1.57. The fraction of sp³-hybridized carbons (Fsp3) is 0.762. The average molecular weight is 396 g/mol. The molecule has 0 amide bonds. The normalized spacial score (nSPS) is 15.7. The van der Waals surface area contributed by atoms with Gasteiger partial charge in [-0.25, -0.2) is 0 Å². The molecule has 0 aromatic carbocycles. The number of furan rings is 1. The highest BCUT2D eigenvalue weighted by Crippen LogP contribution is 2.14. The van der Waals surface area contributed by atoms with Gasteiger partial charge in [0.05, 0.1) is 6.26 Å². The second-order valence-corrected chi connectivity index (χ2v) is 6.95. The van der Waals surface area contributed by atoms with Gasteiger partial charge < -0.3 is 29.3 Å². The van der Waals surface area contributed by atoms with E-state index in [2.05, 4.69) is 15.6 Å². The van der Waals surface area contributed by atoms with Crippen LogP contribution in [0.4, 0.5) is 0 Å². The molecule has 1 aromatic heterocycles. The molecule has 2 heterocycles. The SMILES string of the molecule is CCOCCCNC(=NCCCOCC1CCOCC1)NCCc1ccco1. The van der Waals surface area contributed by atoms with Crippen molar-refractivity contribution in [1.29, 1.82) is 0 Å². The summed E-state index contributed by atoms with van der Waals surface area (Å²) in [5, 5.41) is 6.75. The minimum atomic E-state index is 0.656. The summed E-state index contributed by atoms with van der Waals surface area (Å²) in [5.74, 6) is 2.47. The molecule has 0 radical (unpaired) electrons. The lowest BCUT2D eigenvalue weighted by atomic mass is 10.0. The molecule has 1 aliphatic heterocycles. The van der Waals surface area contributed by atoms with Crippen molar-refractivity contribution in [3.8, 4) is 0 Å². The smallest absolute Gasteiger partial charge is 0.191 e. The summed E-state index contributed by atoms with van der Waals surface area (Å²) in [6.45, 7) is 9.26. The lowest BCUT2D eigenvalue weighted by Gasteiger charge is -2.21. The molecule has 2 N–H and O–H groups in total. The summed E-state index contributed by atoms with van der Waals surface area (Å²) in [5.41, 5.74) is 0. The first-order valence-corrected chi connectivity index (χ1v) is 10.7. The summed E-state index contributed by atoms with van der Waals surface area (Å²) in [4.78, 5) is 4.67. The van der Waals surface area contributed by atoms with Crippen LogP contribution in [0.5, 0.6) is 0 Å². The lowest BCUT2D eigenvalue weighted by molar-refractivity contribution is 0.0205. The number of hydrogen-bond acceptors (Lipinski definition) is 5. The second-order valence-electron chi connectivity index (χ2n) is 6.95. The molecule has 0 atom stereocenters. The Morgan fingerprint density at radius 1 is 1.14 bits per heavy atom. The molecule has 7 heteroatoms. The van der Waals surface area contributed by atoms with Gasteiger partial charge in [0.15, 0.2) is 5.96 Å². The summed E-state index contributed by atoms with van der Waals surface area (Å²) in [6, 6.07) is 3.90. The van der Waals surface area contributed by atoms with E-state index in [0.29, 0.717) is 5.92 Å². The maximum atomic E-state index is 5.82. The molecule has 0 unspecified atom stereocenters. The van der Waals surface area contributed by atoms with Crippen molar-refractivity contribution >= 4 is 5.96 Å². The van der Waals surface area contributed by atoms with E-state index in [4.69, 9.17) is 18.6 Å². The first kappa shape index (κ1) is 22.7. The average Bonchev–Trinajstić information content (AvgIpc) is 3.24. The van der Waals surface area contributed by atoms with Crippen molar-refractivity contribution in [1.82, 2.24) is 10.6 Å². The summed E-state index contributed by atoms with van der Waals surface area (Å²) in [6.07, 6.45) is 6.66. The van der Waals surface area contributed by atoms with Gasteiger partial charge in [-0.2, -0.15) is 0 Å². The van der Waals surface area contributed by atoms with Crippen LogP contribution in [0.25, 0.3) is 0 Å². The summed E-state index contributed by atoms with van der Waals surface area (Å²) in [7, 11) is 0. The molecule has 160 valence electrons. The van der Waals surface area contributed by atoms with Crippen molar-refractivity contribution in [3.63, 3.8) is 0 Å². The molecule has 0 aliphatic carbocycles.